The molecule has 6 heteroatoms. The minimum absolute atomic E-state index is 0.171. The van der Waals surface area contributed by atoms with Gasteiger partial charge in [-0.15, -0.1) is 0 Å². The number of hydrogen-bond donors (Lipinski definition) is 2. The predicted molar refractivity (Wildman–Crippen MR) is 92.7 cm³/mol. The maximum Gasteiger partial charge on any atom is 0.265 e. The Balaban J connectivity index is 1.95. The van der Waals surface area contributed by atoms with E-state index in [4.69, 9.17) is 4.74 Å². The number of nitrogens with one attached hydrogen (secondary N) is 2. The van der Waals surface area contributed by atoms with E-state index in [-0.39, 0.29) is 11.8 Å². The van der Waals surface area contributed by atoms with Gasteiger partial charge in [0.15, 0.2) is 6.10 Å². The molecule has 1 atom stereocenters. The van der Waals surface area contributed by atoms with Gasteiger partial charge in [0.05, 0.1) is 0 Å². The lowest BCUT2D eigenvalue weighted by Gasteiger charge is -2.15. The van der Waals surface area contributed by atoms with Gasteiger partial charge in [0.1, 0.15) is 5.75 Å². The fraction of sp³-hybridized carbons (Fsp3) is 0.176. The van der Waals surface area contributed by atoms with Gasteiger partial charge in [-0.2, -0.15) is 0 Å². The van der Waals surface area contributed by atoms with Gasteiger partial charge < -0.3 is 15.4 Å². The number of hydrogen-bond acceptors (Lipinski definition) is 3. The van der Waals surface area contributed by atoms with Crippen molar-refractivity contribution in [3.8, 4) is 5.75 Å². The molecule has 2 amide bonds. The van der Waals surface area contributed by atoms with Crippen LogP contribution in [0.5, 0.6) is 5.75 Å². The van der Waals surface area contributed by atoms with Crippen LogP contribution in [0.15, 0.2) is 53.0 Å². The average Bonchev–Trinajstić information content (AvgIpc) is 2.56. The molecule has 23 heavy (non-hydrogen) atoms. The van der Waals surface area contributed by atoms with E-state index < -0.39 is 6.10 Å². The van der Waals surface area contributed by atoms with Crippen LogP contribution in [0.25, 0.3) is 0 Å². The molecule has 0 heterocycles. The number of benzene rings is 2. The van der Waals surface area contributed by atoms with Crippen LogP contribution in [0, 0.1) is 0 Å². The van der Waals surface area contributed by atoms with Crippen molar-refractivity contribution < 1.29 is 14.3 Å². The Bertz CT molecular complexity index is 684. The second kappa shape index (κ2) is 7.78. The molecule has 0 aromatic heterocycles. The monoisotopic (exact) mass is 376 g/mol. The standard InChI is InChI=1S/C17H17BrN2O3/c1-11(23-15-9-5-13(18)6-10-15)16(21)20-14-7-3-12(4-8-14)17(22)19-2/h3-11H,1-2H3,(H,19,22)(H,20,21). The SMILES string of the molecule is CNC(=O)c1ccc(NC(=O)C(C)Oc2ccc(Br)cc2)cc1. The first kappa shape index (κ1) is 17.0. The summed E-state index contributed by atoms with van der Waals surface area (Å²) in [5, 5.41) is 5.29. The van der Waals surface area contributed by atoms with Crippen LogP contribution < -0.4 is 15.4 Å². The van der Waals surface area contributed by atoms with Crippen molar-refractivity contribution in [2.75, 3.05) is 12.4 Å². The van der Waals surface area contributed by atoms with Crippen LogP contribution >= 0.6 is 15.9 Å². The molecule has 0 bridgehead atoms. The fourth-order valence-corrected chi connectivity index (χ4v) is 2.13. The molecule has 0 saturated carbocycles. The van der Waals surface area contributed by atoms with Crippen LogP contribution in [0.1, 0.15) is 17.3 Å². The molecule has 5 nitrogen and oxygen atoms in total. The normalized spacial score (nSPS) is 11.4. The molecule has 2 aromatic rings. The van der Waals surface area contributed by atoms with E-state index in [9.17, 15) is 9.59 Å². The molecule has 0 fully saturated rings. The highest BCUT2D eigenvalue weighted by Gasteiger charge is 2.15. The van der Waals surface area contributed by atoms with Crippen LogP contribution in [0.4, 0.5) is 5.69 Å². The summed E-state index contributed by atoms with van der Waals surface area (Å²) >= 11 is 3.34. The maximum absolute atomic E-state index is 12.1. The van der Waals surface area contributed by atoms with E-state index in [1.807, 2.05) is 12.1 Å². The topological polar surface area (TPSA) is 67.4 Å². The number of halogens is 1. The second-order valence-electron chi connectivity index (χ2n) is 4.86. The van der Waals surface area contributed by atoms with E-state index in [1.165, 1.54) is 0 Å². The van der Waals surface area contributed by atoms with Crippen molar-refractivity contribution in [1.29, 1.82) is 0 Å². The Kier molecular flexibility index (Phi) is 5.76. The minimum atomic E-state index is -0.644. The summed E-state index contributed by atoms with van der Waals surface area (Å²) in [7, 11) is 1.57. The van der Waals surface area contributed by atoms with Gasteiger partial charge in [0.25, 0.3) is 11.8 Å². The zero-order valence-electron chi connectivity index (χ0n) is 12.8. The number of anilines is 1. The Morgan fingerprint density at radius 1 is 1.04 bits per heavy atom. The Morgan fingerprint density at radius 2 is 1.65 bits per heavy atom. The first-order chi connectivity index (χ1) is 11.0. The third-order valence-electron chi connectivity index (χ3n) is 3.14. The first-order valence-corrected chi connectivity index (χ1v) is 7.84. The summed E-state index contributed by atoms with van der Waals surface area (Å²) in [4.78, 5) is 23.6. The molecule has 0 aliphatic rings. The highest BCUT2D eigenvalue weighted by atomic mass is 79.9. The molecule has 0 saturated heterocycles. The third-order valence-corrected chi connectivity index (χ3v) is 3.67. The lowest BCUT2D eigenvalue weighted by atomic mass is 10.2. The van der Waals surface area contributed by atoms with Crippen molar-refractivity contribution in [3.05, 3.63) is 58.6 Å². The van der Waals surface area contributed by atoms with Crippen molar-refractivity contribution in [1.82, 2.24) is 5.32 Å². The number of amides is 2. The molecular weight excluding hydrogens is 360 g/mol. The quantitative estimate of drug-likeness (QED) is 0.841. The molecule has 2 rings (SSSR count). The summed E-state index contributed by atoms with van der Waals surface area (Å²) in [5.41, 5.74) is 1.14. The minimum Gasteiger partial charge on any atom is -0.481 e. The molecular formula is C17H17BrN2O3. The summed E-state index contributed by atoms with van der Waals surface area (Å²) in [6, 6.07) is 13.9. The average molecular weight is 377 g/mol. The van der Waals surface area contributed by atoms with E-state index in [2.05, 4.69) is 26.6 Å². The van der Waals surface area contributed by atoms with E-state index in [0.29, 0.717) is 17.0 Å². The molecule has 0 aliphatic carbocycles. The van der Waals surface area contributed by atoms with Gasteiger partial charge >= 0.3 is 0 Å². The van der Waals surface area contributed by atoms with Crippen LogP contribution in [0.2, 0.25) is 0 Å². The highest BCUT2D eigenvalue weighted by molar-refractivity contribution is 9.10. The van der Waals surface area contributed by atoms with E-state index in [0.717, 1.165) is 4.47 Å². The Morgan fingerprint density at radius 3 is 2.22 bits per heavy atom. The van der Waals surface area contributed by atoms with Crippen molar-refractivity contribution in [2.45, 2.75) is 13.0 Å². The summed E-state index contributed by atoms with van der Waals surface area (Å²) in [6.07, 6.45) is -0.644. The zero-order chi connectivity index (χ0) is 16.8. The lowest BCUT2D eigenvalue weighted by molar-refractivity contribution is -0.122. The van der Waals surface area contributed by atoms with Gasteiger partial charge in [-0.25, -0.2) is 0 Å². The number of ether oxygens (including phenoxy) is 1. The lowest BCUT2D eigenvalue weighted by Crippen LogP contribution is -2.30. The maximum atomic E-state index is 12.1. The molecule has 1 unspecified atom stereocenters. The van der Waals surface area contributed by atoms with E-state index in [1.54, 1.807) is 50.4 Å². The molecule has 2 aromatic carbocycles. The molecule has 0 spiro atoms. The van der Waals surface area contributed by atoms with Gasteiger partial charge in [-0.05, 0) is 55.5 Å². The van der Waals surface area contributed by atoms with Gasteiger partial charge in [-0.1, -0.05) is 15.9 Å². The first-order valence-electron chi connectivity index (χ1n) is 7.05. The van der Waals surface area contributed by atoms with Gasteiger partial charge in [-0.3, -0.25) is 9.59 Å². The zero-order valence-corrected chi connectivity index (χ0v) is 14.4. The van der Waals surface area contributed by atoms with Crippen molar-refractivity contribution >= 4 is 33.4 Å². The van der Waals surface area contributed by atoms with Crippen molar-refractivity contribution in [3.63, 3.8) is 0 Å². The summed E-state index contributed by atoms with van der Waals surface area (Å²) in [5.74, 6) is 0.182. The second-order valence-corrected chi connectivity index (χ2v) is 5.78. The number of carbonyl (C=O) groups excluding carboxylic acids is 2. The third kappa shape index (κ3) is 4.82. The molecule has 120 valence electrons. The number of carbonyl (C=O) groups is 2. The van der Waals surface area contributed by atoms with Gasteiger partial charge in [0, 0.05) is 22.8 Å². The largest absolute Gasteiger partial charge is 0.481 e. The molecule has 0 radical (unpaired) electrons. The number of rotatable bonds is 5. The van der Waals surface area contributed by atoms with Crippen molar-refractivity contribution in [2.24, 2.45) is 0 Å². The Hall–Kier alpha value is -2.34. The highest BCUT2D eigenvalue weighted by Crippen LogP contribution is 2.18. The summed E-state index contributed by atoms with van der Waals surface area (Å²) in [6.45, 7) is 1.68. The van der Waals surface area contributed by atoms with Gasteiger partial charge in [0.2, 0.25) is 0 Å². The smallest absolute Gasteiger partial charge is 0.265 e. The predicted octanol–water partition coefficient (Wildman–Crippen LogP) is 3.21. The van der Waals surface area contributed by atoms with Crippen LogP contribution in [-0.2, 0) is 4.79 Å². The Labute approximate surface area is 143 Å². The summed E-state index contributed by atoms with van der Waals surface area (Å²) < 4.78 is 6.53. The molecule has 0 aliphatic heterocycles. The molecule has 2 N–H and O–H groups in total. The van der Waals surface area contributed by atoms with E-state index >= 15 is 0 Å². The fourth-order valence-electron chi connectivity index (χ4n) is 1.86. The van der Waals surface area contributed by atoms with Crippen LogP contribution in [0.3, 0.4) is 0 Å². The van der Waals surface area contributed by atoms with Crippen LogP contribution in [-0.4, -0.2) is 25.0 Å².